The minimum Gasteiger partial charge on any atom is -0.317 e. The summed E-state index contributed by atoms with van der Waals surface area (Å²) in [5.41, 5.74) is 0. The van der Waals surface area contributed by atoms with Crippen LogP contribution in [0.1, 0.15) is 39.0 Å². The van der Waals surface area contributed by atoms with Gasteiger partial charge in [-0.25, -0.2) is 0 Å². The molecule has 2 nitrogen and oxygen atoms in total. The van der Waals surface area contributed by atoms with E-state index in [9.17, 15) is 0 Å². The van der Waals surface area contributed by atoms with E-state index in [1.807, 2.05) is 0 Å². The molecular formula is C13H26N2. The van der Waals surface area contributed by atoms with Gasteiger partial charge < -0.3 is 10.6 Å². The zero-order chi connectivity index (χ0) is 10.5. The highest BCUT2D eigenvalue weighted by Gasteiger charge is 2.49. The van der Waals surface area contributed by atoms with Crippen LogP contribution in [0.4, 0.5) is 0 Å². The second-order valence-electron chi connectivity index (χ2n) is 5.19. The van der Waals surface area contributed by atoms with Gasteiger partial charge in [-0.1, -0.05) is 19.8 Å². The van der Waals surface area contributed by atoms with Gasteiger partial charge in [0, 0.05) is 0 Å². The molecule has 0 saturated heterocycles. The van der Waals surface area contributed by atoms with Gasteiger partial charge in [0.05, 0.1) is 0 Å². The van der Waals surface area contributed by atoms with Crippen molar-refractivity contribution in [3.05, 3.63) is 0 Å². The van der Waals surface area contributed by atoms with Gasteiger partial charge in [-0.05, 0) is 63.2 Å². The molecule has 0 aliphatic heterocycles. The van der Waals surface area contributed by atoms with Gasteiger partial charge in [-0.2, -0.15) is 0 Å². The van der Waals surface area contributed by atoms with E-state index in [1.54, 1.807) is 0 Å². The third kappa shape index (κ3) is 3.18. The van der Waals surface area contributed by atoms with E-state index in [4.69, 9.17) is 0 Å². The molecule has 2 heteroatoms. The lowest BCUT2D eigenvalue weighted by Gasteiger charge is -2.04. The molecular weight excluding hydrogens is 184 g/mol. The Morgan fingerprint density at radius 1 is 1.00 bits per heavy atom. The maximum atomic E-state index is 3.62. The average molecular weight is 210 g/mol. The predicted octanol–water partition coefficient (Wildman–Crippen LogP) is 2.01. The quantitative estimate of drug-likeness (QED) is 0.628. The minimum atomic E-state index is 1.05. The fourth-order valence-electron chi connectivity index (χ4n) is 3.23. The molecule has 2 N–H and O–H groups in total. The molecule has 0 spiro atoms. The van der Waals surface area contributed by atoms with Gasteiger partial charge in [0.15, 0.2) is 0 Å². The Balaban J connectivity index is 1.45. The highest BCUT2D eigenvalue weighted by atomic mass is 14.9. The number of hydrogen-bond donors (Lipinski definition) is 2. The van der Waals surface area contributed by atoms with Crippen LogP contribution >= 0.6 is 0 Å². The van der Waals surface area contributed by atoms with Gasteiger partial charge in [0.2, 0.25) is 0 Å². The molecule has 2 aliphatic carbocycles. The molecule has 0 heterocycles. The molecule has 2 saturated carbocycles. The number of nitrogens with one attached hydrogen (secondary N) is 2. The molecule has 88 valence electrons. The second-order valence-corrected chi connectivity index (χ2v) is 5.19. The molecule has 2 aliphatic rings. The third-order valence-electron chi connectivity index (χ3n) is 4.17. The fraction of sp³-hybridized carbons (Fsp3) is 1.00. The zero-order valence-corrected chi connectivity index (χ0v) is 10.1. The molecule has 2 atom stereocenters. The van der Waals surface area contributed by atoms with E-state index in [0.29, 0.717) is 0 Å². The normalized spacial score (nSPS) is 33.8. The summed E-state index contributed by atoms with van der Waals surface area (Å²) in [5, 5.41) is 6.98. The molecule has 2 fully saturated rings. The van der Waals surface area contributed by atoms with E-state index in [2.05, 4.69) is 17.6 Å². The van der Waals surface area contributed by atoms with Gasteiger partial charge in [-0.15, -0.1) is 0 Å². The summed E-state index contributed by atoms with van der Waals surface area (Å²) in [6, 6.07) is 0. The first-order valence-corrected chi connectivity index (χ1v) is 6.85. The maximum absolute atomic E-state index is 3.62. The zero-order valence-electron chi connectivity index (χ0n) is 10.1. The maximum Gasteiger partial charge on any atom is -0.00150 e. The monoisotopic (exact) mass is 210 g/mol. The van der Waals surface area contributed by atoms with E-state index < -0.39 is 0 Å². The average Bonchev–Trinajstić information content (AvgIpc) is 2.97. The van der Waals surface area contributed by atoms with Crippen LogP contribution in [-0.4, -0.2) is 26.2 Å². The first kappa shape index (κ1) is 11.4. The first-order chi connectivity index (χ1) is 7.43. The van der Waals surface area contributed by atoms with Gasteiger partial charge >= 0.3 is 0 Å². The van der Waals surface area contributed by atoms with Crippen molar-refractivity contribution in [2.75, 3.05) is 26.2 Å². The van der Waals surface area contributed by atoms with Crippen molar-refractivity contribution in [1.29, 1.82) is 0 Å². The number of fused-ring (bicyclic) bond motifs is 1. The lowest BCUT2D eigenvalue weighted by atomic mass is 10.0. The standard InChI is InChI=1S/C13H26N2/c1-2-14-8-5-9-15-10-13-11-6-3-4-7-12(11)13/h11-15H,2-10H2,1H3. The Bertz CT molecular complexity index is 169. The summed E-state index contributed by atoms with van der Waals surface area (Å²) in [7, 11) is 0. The summed E-state index contributed by atoms with van der Waals surface area (Å²) >= 11 is 0. The summed E-state index contributed by atoms with van der Waals surface area (Å²) in [5.74, 6) is 3.27. The van der Waals surface area contributed by atoms with Crippen LogP contribution in [0.15, 0.2) is 0 Å². The highest BCUT2D eigenvalue weighted by Crippen LogP contribution is 2.54. The number of rotatable bonds is 7. The molecule has 0 bridgehead atoms. The van der Waals surface area contributed by atoms with E-state index in [0.717, 1.165) is 24.3 Å². The predicted molar refractivity (Wildman–Crippen MR) is 65.0 cm³/mol. The van der Waals surface area contributed by atoms with Crippen molar-refractivity contribution >= 4 is 0 Å². The smallest absolute Gasteiger partial charge is 0.00150 e. The Hall–Kier alpha value is -0.0800. The van der Waals surface area contributed by atoms with Gasteiger partial charge in [-0.3, -0.25) is 0 Å². The molecule has 0 aromatic rings. The molecule has 2 rings (SSSR count). The molecule has 0 amide bonds. The Morgan fingerprint density at radius 3 is 2.33 bits per heavy atom. The van der Waals surface area contributed by atoms with Crippen LogP contribution in [0, 0.1) is 17.8 Å². The summed E-state index contributed by atoms with van der Waals surface area (Å²) in [6.07, 6.45) is 7.31. The summed E-state index contributed by atoms with van der Waals surface area (Å²) in [4.78, 5) is 0. The van der Waals surface area contributed by atoms with Crippen LogP contribution in [-0.2, 0) is 0 Å². The number of hydrogen-bond acceptors (Lipinski definition) is 2. The van der Waals surface area contributed by atoms with Crippen LogP contribution in [0.3, 0.4) is 0 Å². The first-order valence-electron chi connectivity index (χ1n) is 6.85. The Morgan fingerprint density at radius 2 is 1.67 bits per heavy atom. The van der Waals surface area contributed by atoms with Crippen LogP contribution in [0.2, 0.25) is 0 Å². The lowest BCUT2D eigenvalue weighted by molar-refractivity contribution is 0.480. The Kier molecular flexibility index (Phi) is 4.45. The summed E-state index contributed by atoms with van der Waals surface area (Å²) < 4.78 is 0. The van der Waals surface area contributed by atoms with Crippen molar-refractivity contribution in [1.82, 2.24) is 10.6 Å². The van der Waals surface area contributed by atoms with E-state index in [1.165, 1.54) is 51.7 Å². The second kappa shape index (κ2) is 5.86. The molecule has 0 aromatic carbocycles. The topological polar surface area (TPSA) is 24.1 Å². The van der Waals surface area contributed by atoms with E-state index >= 15 is 0 Å². The highest BCUT2D eigenvalue weighted by molar-refractivity contribution is 4.99. The molecule has 15 heavy (non-hydrogen) atoms. The molecule has 0 aromatic heterocycles. The minimum absolute atomic E-state index is 1.05. The van der Waals surface area contributed by atoms with E-state index in [-0.39, 0.29) is 0 Å². The van der Waals surface area contributed by atoms with Crippen molar-refractivity contribution in [3.63, 3.8) is 0 Å². The van der Waals surface area contributed by atoms with Crippen LogP contribution in [0.25, 0.3) is 0 Å². The van der Waals surface area contributed by atoms with Crippen molar-refractivity contribution in [2.24, 2.45) is 17.8 Å². The van der Waals surface area contributed by atoms with Crippen molar-refractivity contribution in [2.45, 2.75) is 39.0 Å². The fourth-order valence-corrected chi connectivity index (χ4v) is 3.23. The largest absolute Gasteiger partial charge is 0.317 e. The van der Waals surface area contributed by atoms with Gasteiger partial charge in [0.25, 0.3) is 0 Å². The van der Waals surface area contributed by atoms with Crippen molar-refractivity contribution < 1.29 is 0 Å². The molecule has 0 radical (unpaired) electrons. The third-order valence-corrected chi connectivity index (χ3v) is 4.17. The summed E-state index contributed by atoms with van der Waals surface area (Å²) in [6.45, 7) is 6.93. The van der Waals surface area contributed by atoms with Gasteiger partial charge in [0.1, 0.15) is 0 Å². The Labute approximate surface area is 94.2 Å². The lowest BCUT2D eigenvalue weighted by Crippen LogP contribution is -2.23. The van der Waals surface area contributed by atoms with Crippen LogP contribution in [0.5, 0.6) is 0 Å². The van der Waals surface area contributed by atoms with Crippen molar-refractivity contribution in [3.8, 4) is 0 Å². The molecule has 2 unspecified atom stereocenters. The van der Waals surface area contributed by atoms with Crippen LogP contribution < -0.4 is 10.6 Å². The SMILES string of the molecule is CCNCCCNCC1C2CCCCC21.